The summed E-state index contributed by atoms with van der Waals surface area (Å²) in [6.45, 7) is 3.06. The molecule has 1 amide bonds. The van der Waals surface area contributed by atoms with Crippen molar-refractivity contribution < 1.29 is 18.0 Å². The van der Waals surface area contributed by atoms with Gasteiger partial charge in [-0.05, 0) is 55.5 Å². The number of thioether (sulfide) groups is 1. The first-order valence-corrected chi connectivity index (χ1v) is 12.4. The van der Waals surface area contributed by atoms with Gasteiger partial charge < -0.3 is 10.2 Å². The Morgan fingerprint density at radius 2 is 1.94 bits per heavy atom. The minimum atomic E-state index is -4.54. The maximum atomic E-state index is 13.5. The number of halogens is 3. The number of hydrogen-bond acceptors (Lipinski definition) is 6. The van der Waals surface area contributed by atoms with E-state index in [2.05, 4.69) is 20.3 Å². The van der Waals surface area contributed by atoms with Crippen LogP contribution in [0.25, 0.3) is 0 Å². The van der Waals surface area contributed by atoms with Gasteiger partial charge in [-0.25, -0.2) is 9.97 Å². The minimum absolute atomic E-state index is 0.0888. The molecule has 0 radical (unpaired) electrons. The number of hydrogen-bond donors (Lipinski definition) is 1. The van der Waals surface area contributed by atoms with E-state index in [4.69, 9.17) is 0 Å². The third-order valence-electron chi connectivity index (χ3n) is 5.84. The van der Waals surface area contributed by atoms with Crippen molar-refractivity contribution in [1.29, 1.82) is 0 Å². The first-order chi connectivity index (χ1) is 16.8. The number of aromatic nitrogens is 3. The summed E-state index contributed by atoms with van der Waals surface area (Å²) in [5, 5.41) is 2.93. The lowest BCUT2D eigenvalue weighted by Crippen LogP contribution is -2.38. The third kappa shape index (κ3) is 6.72. The molecular formula is C25H26F3N5OS. The molecule has 3 aromatic rings. The Kier molecular flexibility index (Phi) is 7.90. The van der Waals surface area contributed by atoms with Gasteiger partial charge >= 0.3 is 6.18 Å². The molecule has 1 aliphatic rings. The van der Waals surface area contributed by atoms with Gasteiger partial charge in [-0.3, -0.25) is 9.78 Å². The number of piperidine rings is 1. The third-order valence-corrected chi connectivity index (χ3v) is 6.76. The topological polar surface area (TPSA) is 71.0 Å². The Labute approximate surface area is 206 Å². The van der Waals surface area contributed by atoms with E-state index in [0.717, 1.165) is 48.2 Å². The van der Waals surface area contributed by atoms with Crippen molar-refractivity contribution in [3.8, 4) is 0 Å². The highest BCUT2D eigenvalue weighted by molar-refractivity contribution is 7.98. The molecule has 1 fully saturated rings. The second-order valence-corrected chi connectivity index (χ2v) is 9.40. The van der Waals surface area contributed by atoms with Gasteiger partial charge in [-0.2, -0.15) is 13.2 Å². The number of anilines is 1. The summed E-state index contributed by atoms with van der Waals surface area (Å²) >= 11 is 1.15. The molecule has 2 aromatic heterocycles. The maximum absolute atomic E-state index is 13.5. The summed E-state index contributed by atoms with van der Waals surface area (Å²) in [5.41, 5.74) is 1.32. The Morgan fingerprint density at radius 3 is 2.63 bits per heavy atom. The number of carbonyl (C=O) groups is 1. The maximum Gasteiger partial charge on any atom is 0.433 e. The Balaban J connectivity index is 1.42. The Morgan fingerprint density at radius 1 is 1.14 bits per heavy atom. The molecule has 1 N–H and O–H groups in total. The van der Waals surface area contributed by atoms with E-state index in [1.54, 1.807) is 42.7 Å². The average Bonchev–Trinajstić information content (AvgIpc) is 2.86. The fourth-order valence-electron chi connectivity index (χ4n) is 3.90. The van der Waals surface area contributed by atoms with Crippen molar-refractivity contribution in [3.63, 3.8) is 0 Å². The van der Waals surface area contributed by atoms with Gasteiger partial charge in [0.25, 0.3) is 5.91 Å². The molecule has 0 bridgehead atoms. The molecule has 0 aliphatic carbocycles. The van der Waals surface area contributed by atoms with Crippen LogP contribution in [0.3, 0.4) is 0 Å². The first-order valence-electron chi connectivity index (χ1n) is 11.4. The molecule has 1 aliphatic heterocycles. The van der Waals surface area contributed by atoms with Gasteiger partial charge in [0, 0.05) is 48.9 Å². The summed E-state index contributed by atoms with van der Waals surface area (Å²) in [6.07, 6.45) is 1.73. The monoisotopic (exact) mass is 501 g/mol. The number of carbonyl (C=O) groups excluding carboxylic acids is 1. The van der Waals surface area contributed by atoms with Crippen molar-refractivity contribution in [2.75, 3.05) is 11.4 Å². The van der Waals surface area contributed by atoms with E-state index in [-0.39, 0.29) is 17.1 Å². The van der Waals surface area contributed by atoms with Crippen LogP contribution >= 0.6 is 11.8 Å². The van der Waals surface area contributed by atoms with Crippen LogP contribution in [0.2, 0.25) is 0 Å². The molecule has 1 saturated heterocycles. The summed E-state index contributed by atoms with van der Waals surface area (Å²) in [5.74, 6) is 0.491. The van der Waals surface area contributed by atoms with Gasteiger partial charge in [0.05, 0.1) is 0 Å². The van der Waals surface area contributed by atoms with Crippen molar-refractivity contribution in [1.82, 2.24) is 20.3 Å². The molecule has 1 aromatic carbocycles. The number of alkyl halides is 3. The van der Waals surface area contributed by atoms with E-state index >= 15 is 0 Å². The zero-order chi connectivity index (χ0) is 24.8. The van der Waals surface area contributed by atoms with Crippen molar-refractivity contribution in [3.05, 3.63) is 77.2 Å². The number of benzene rings is 1. The number of nitrogens with zero attached hydrogens (tertiary/aromatic N) is 4. The predicted octanol–water partition coefficient (Wildman–Crippen LogP) is 5.49. The van der Waals surface area contributed by atoms with Crippen molar-refractivity contribution in [2.24, 2.45) is 0 Å². The molecule has 0 spiro atoms. The standard InChI is InChI=1S/C25H26F3N5OS/c1-17-5-2-3-12-33(17)22-13-21(25(26,27)28)31-24(32-22)35-16-18-7-9-20(10-8-18)23(34)30-15-19-6-4-11-29-14-19/h4,6-11,13-14,17H,2-3,5,12,15-16H2,1H3,(H,30,34)/t17-/m1/s1. The minimum Gasteiger partial charge on any atom is -0.354 e. The lowest BCUT2D eigenvalue weighted by molar-refractivity contribution is -0.141. The molecule has 0 unspecified atom stereocenters. The number of nitrogens with one attached hydrogen (secondary N) is 1. The van der Waals surface area contributed by atoms with Crippen molar-refractivity contribution >= 4 is 23.5 Å². The van der Waals surface area contributed by atoms with Gasteiger partial charge in [-0.1, -0.05) is 30.0 Å². The van der Waals surface area contributed by atoms with Gasteiger partial charge in [0.1, 0.15) is 5.82 Å². The second-order valence-electron chi connectivity index (χ2n) is 8.46. The van der Waals surface area contributed by atoms with Crippen LogP contribution in [-0.2, 0) is 18.5 Å². The largest absolute Gasteiger partial charge is 0.433 e. The van der Waals surface area contributed by atoms with E-state index < -0.39 is 11.9 Å². The van der Waals surface area contributed by atoms with E-state index in [1.165, 1.54) is 0 Å². The van der Waals surface area contributed by atoms with Gasteiger partial charge in [-0.15, -0.1) is 0 Å². The SMILES string of the molecule is C[C@@H]1CCCCN1c1cc(C(F)(F)F)nc(SCc2ccc(C(=O)NCc3cccnc3)cc2)n1. The highest BCUT2D eigenvalue weighted by Crippen LogP contribution is 2.33. The van der Waals surface area contributed by atoms with Crippen LogP contribution in [0, 0.1) is 0 Å². The number of rotatable bonds is 7. The molecule has 1 atom stereocenters. The van der Waals surface area contributed by atoms with E-state index in [1.807, 2.05) is 17.9 Å². The summed E-state index contributed by atoms with van der Waals surface area (Å²) in [6, 6.07) is 11.8. The van der Waals surface area contributed by atoms with Gasteiger partial charge in [0.15, 0.2) is 10.9 Å². The molecule has 10 heteroatoms. The molecule has 0 saturated carbocycles. The lowest BCUT2D eigenvalue weighted by atomic mass is 10.0. The summed E-state index contributed by atoms with van der Waals surface area (Å²) < 4.78 is 40.5. The zero-order valence-corrected chi connectivity index (χ0v) is 20.1. The van der Waals surface area contributed by atoms with Crippen LogP contribution in [0.15, 0.2) is 60.0 Å². The fourth-order valence-corrected chi connectivity index (χ4v) is 4.70. The zero-order valence-electron chi connectivity index (χ0n) is 19.3. The second kappa shape index (κ2) is 11.1. The lowest BCUT2D eigenvalue weighted by Gasteiger charge is -2.34. The van der Waals surface area contributed by atoms with Crippen LogP contribution in [0.1, 0.15) is 53.4 Å². The van der Waals surface area contributed by atoms with Crippen LogP contribution in [0.5, 0.6) is 0 Å². The highest BCUT2D eigenvalue weighted by atomic mass is 32.2. The number of amides is 1. The Bertz CT molecular complexity index is 1140. The average molecular weight is 502 g/mol. The fraction of sp³-hybridized carbons (Fsp3) is 0.360. The normalized spacial score (nSPS) is 16.2. The summed E-state index contributed by atoms with van der Waals surface area (Å²) in [7, 11) is 0. The molecule has 184 valence electrons. The van der Waals surface area contributed by atoms with Crippen LogP contribution in [-0.4, -0.2) is 33.4 Å². The van der Waals surface area contributed by atoms with Crippen LogP contribution in [0.4, 0.5) is 19.0 Å². The smallest absolute Gasteiger partial charge is 0.354 e. The summed E-state index contributed by atoms with van der Waals surface area (Å²) in [4.78, 5) is 26.6. The Hall–Kier alpha value is -3.14. The van der Waals surface area contributed by atoms with Crippen molar-refractivity contribution in [2.45, 2.75) is 55.9 Å². The highest BCUT2D eigenvalue weighted by Gasteiger charge is 2.35. The molecule has 35 heavy (non-hydrogen) atoms. The molecule has 6 nitrogen and oxygen atoms in total. The number of pyridine rings is 1. The van der Waals surface area contributed by atoms with Crippen LogP contribution < -0.4 is 10.2 Å². The predicted molar refractivity (Wildman–Crippen MR) is 129 cm³/mol. The molecular weight excluding hydrogens is 475 g/mol. The van der Waals surface area contributed by atoms with Gasteiger partial charge in [0.2, 0.25) is 0 Å². The first kappa shape index (κ1) is 25.0. The molecule has 3 heterocycles. The quantitative estimate of drug-likeness (QED) is 0.341. The van der Waals surface area contributed by atoms with E-state index in [9.17, 15) is 18.0 Å². The van der Waals surface area contributed by atoms with E-state index in [0.29, 0.717) is 30.2 Å². The molecule has 4 rings (SSSR count).